The van der Waals surface area contributed by atoms with Gasteiger partial charge in [0.1, 0.15) is 16.4 Å². The molecule has 0 aromatic carbocycles. The fraction of sp³-hybridized carbons (Fsp3) is 0.167. The second-order valence-corrected chi connectivity index (χ2v) is 3.37. The van der Waals surface area contributed by atoms with Crippen molar-refractivity contribution in [1.82, 2.24) is 19.5 Å². The largest absolute Gasteiger partial charge is 0.314 e. The summed E-state index contributed by atoms with van der Waals surface area (Å²) < 4.78 is 2.43. The monoisotopic (exact) mass is 246 g/mol. The van der Waals surface area contributed by atoms with E-state index in [0.717, 1.165) is 5.52 Å². The molecule has 2 heterocycles. The Morgan fingerprint density at radius 2 is 2.25 bits per heavy atom. The van der Waals surface area contributed by atoms with Crippen LogP contribution in [0.4, 0.5) is 0 Å². The zero-order valence-electron chi connectivity index (χ0n) is 6.12. The highest BCUT2D eigenvalue weighted by Gasteiger charge is 2.09. The average molecular weight is 247 g/mol. The van der Waals surface area contributed by atoms with Crippen molar-refractivity contribution < 1.29 is 0 Å². The summed E-state index contributed by atoms with van der Waals surface area (Å²) in [4.78, 5) is 12.0. The van der Waals surface area contributed by atoms with Crippen LogP contribution >= 0.6 is 27.5 Å². The molecule has 0 fully saturated rings. The van der Waals surface area contributed by atoms with Crippen LogP contribution in [0.15, 0.2) is 10.9 Å². The fourth-order valence-electron chi connectivity index (χ4n) is 0.974. The first-order chi connectivity index (χ1) is 5.70. The van der Waals surface area contributed by atoms with E-state index in [0.29, 0.717) is 15.5 Å². The zero-order chi connectivity index (χ0) is 8.72. The van der Waals surface area contributed by atoms with Crippen LogP contribution in [0.3, 0.4) is 0 Å². The van der Waals surface area contributed by atoms with E-state index >= 15 is 0 Å². The highest BCUT2D eigenvalue weighted by Crippen LogP contribution is 2.21. The number of imidazole rings is 1. The van der Waals surface area contributed by atoms with Crippen molar-refractivity contribution in [3.8, 4) is 0 Å². The number of halogens is 2. The molecule has 0 bridgehead atoms. The maximum absolute atomic E-state index is 5.79. The van der Waals surface area contributed by atoms with Crippen LogP contribution in [0, 0.1) is 0 Å². The summed E-state index contributed by atoms with van der Waals surface area (Å²) in [5, 5.41) is 0.409. The van der Waals surface area contributed by atoms with Crippen molar-refractivity contribution in [3.63, 3.8) is 0 Å². The minimum Gasteiger partial charge on any atom is -0.314 e. The Balaban J connectivity index is 2.97. The highest BCUT2D eigenvalue weighted by atomic mass is 79.9. The number of nitrogens with zero attached hydrogens (tertiary/aromatic N) is 4. The number of hydrogen-bond acceptors (Lipinski definition) is 3. The minimum absolute atomic E-state index is 0.409. The predicted molar refractivity (Wildman–Crippen MR) is 49.0 cm³/mol. The third-order valence-corrected chi connectivity index (χ3v) is 2.49. The van der Waals surface area contributed by atoms with Crippen molar-refractivity contribution in [1.29, 1.82) is 0 Å². The van der Waals surface area contributed by atoms with Crippen LogP contribution in [-0.2, 0) is 7.05 Å². The molecule has 0 unspecified atom stereocenters. The van der Waals surface area contributed by atoms with Gasteiger partial charge in [-0.1, -0.05) is 0 Å². The Morgan fingerprint density at radius 1 is 1.50 bits per heavy atom. The summed E-state index contributed by atoms with van der Waals surface area (Å²) in [6.45, 7) is 0. The van der Waals surface area contributed by atoms with Crippen molar-refractivity contribution in [2.45, 2.75) is 0 Å². The topological polar surface area (TPSA) is 43.6 Å². The fourth-order valence-corrected chi connectivity index (χ4v) is 1.67. The Morgan fingerprint density at radius 3 is 2.92 bits per heavy atom. The molecule has 2 rings (SSSR count). The standard InChI is InChI=1S/C6H4BrClN4/c1-12-3-4(7)9-2-10-5(3)11-6(12)8/h2H,1H3. The van der Waals surface area contributed by atoms with Crippen molar-refractivity contribution in [2.24, 2.45) is 7.05 Å². The average Bonchev–Trinajstić information content (AvgIpc) is 2.29. The molecule has 0 aliphatic rings. The van der Waals surface area contributed by atoms with Crippen LogP contribution in [0.1, 0.15) is 0 Å². The van der Waals surface area contributed by atoms with E-state index in [9.17, 15) is 0 Å². The van der Waals surface area contributed by atoms with E-state index in [4.69, 9.17) is 11.6 Å². The third kappa shape index (κ3) is 1.01. The van der Waals surface area contributed by atoms with Gasteiger partial charge in [0.2, 0.25) is 5.28 Å². The van der Waals surface area contributed by atoms with Gasteiger partial charge in [0.05, 0.1) is 0 Å². The molecule has 0 saturated carbocycles. The summed E-state index contributed by atoms with van der Waals surface area (Å²) in [6, 6.07) is 0. The quantitative estimate of drug-likeness (QED) is 0.526. The molecule has 0 spiro atoms. The molecular weight excluding hydrogens is 243 g/mol. The van der Waals surface area contributed by atoms with E-state index in [-0.39, 0.29) is 0 Å². The molecule has 12 heavy (non-hydrogen) atoms. The Hall–Kier alpha value is -0.680. The molecule has 4 nitrogen and oxygen atoms in total. The molecule has 2 aromatic heterocycles. The smallest absolute Gasteiger partial charge is 0.205 e. The summed E-state index contributed by atoms with van der Waals surface area (Å²) in [5.74, 6) is 0. The van der Waals surface area contributed by atoms with Crippen molar-refractivity contribution >= 4 is 38.7 Å². The van der Waals surface area contributed by atoms with Crippen LogP contribution in [0.25, 0.3) is 11.2 Å². The molecule has 0 aliphatic heterocycles. The van der Waals surface area contributed by atoms with E-state index in [2.05, 4.69) is 30.9 Å². The summed E-state index contributed by atoms with van der Waals surface area (Å²) in [7, 11) is 1.81. The Bertz CT molecular complexity index is 438. The minimum atomic E-state index is 0.409. The van der Waals surface area contributed by atoms with Gasteiger partial charge in [-0.25, -0.2) is 9.97 Å². The maximum Gasteiger partial charge on any atom is 0.205 e. The number of fused-ring (bicyclic) bond motifs is 1. The maximum atomic E-state index is 5.79. The molecule has 0 atom stereocenters. The van der Waals surface area contributed by atoms with Gasteiger partial charge in [0.15, 0.2) is 5.65 Å². The van der Waals surface area contributed by atoms with E-state index < -0.39 is 0 Å². The van der Waals surface area contributed by atoms with Gasteiger partial charge >= 0.3 is 0 Å². The lowest BCUT2D eigenvalue weighted by atomic mass is 10.5. The first-order valence-electron chi connectivity index (χ1n) is 3.18. The van der Waals surface area contributed by atoms with Crippen LogP contribution < -0.4 is 0 Å². The van der Waals surface area contributed by atoms with Crippen LogP contribution in [0.2, 0.25) is 5.28 Å². The molecule has 0 amide bonds. The van der Waals surface area contributed by atoms with Gasteiger partial charge in [-0.15, -0.1) is 0 Å². The molecule has 0 radical (unpaired) electrons. The van der Waals surface area contributed by atoms with Gasteiger partial charge in [-0.3, -0.25) is 0 Å². The summed E-state index contributed by atoms with van der Waals surface area (Å²) in [5.41, 5.74) is 1.41. The Labute approximate surface area is 81.7 Å². The van der Waals surface area contributed by atoms with E-state index in [1.54, 1.807) is 4.57 Å². The summed E-state index contributed by atoms with van der Waals surface area (Å²) in [6.07, 6.45) is 1.44. The second-order valence-electron chi connectivity index (χ2n) is 2.28. The first kappa shape index (κ1) is 7.94. The van der Waals surface area contributed by atoms with Gasteiger partial charge in [0, 0.05) is 7.05 Å². The molecule has 0 aliphatic carbocycles. The molecule has 62 valence electrons. The third-order valence-electron chi connectivity index (χ3n) is 1.57. The van der Waals surface area contributed by atoms with Gasteiger partial charge < -0.3 is 4.57 Å². The lowest BCUT2D eigenvalue weighted by Crippen LogP contribution is -1.89. The lowest BCUT2D eigenvalue weighted by Gasteiger charge is -1.95. The van der Waals surface area contributed by atoms with Gasteiger partial charge in [-0.05, 0) is 27.5 Å². The highest BCUT2D eigenvalue weighted by molar-refractivity contribution is 9.10. The van der Waals surface area contributed by atoms with E-state index in [1.807, 2.05) is 7.05 Å². The summed E-state index contributed by atoms with van der Waals surface area (Å²) >= 11 is 9.08. The molecule has 6 heteroatoms. The SMILES string of the molecule is Cn1c(Cl)nc2ncnc(Br)c21. The number of hydrogen-bond donors (Lipinski definition) is 0. The molecule has 0 N–H and O–H groups in total. The van der Waals surface area contributed by atoms with E-state index in [1.165, 1.54) is 6.33 Å². The molecular formula is C6H4BrClN4. The Kier molecular flexibility index (Phi) is 1.77. The molecule has 0 saturated heterocycles. The van der Waals surface area contributed by atoms with Crippen LogP contribution in [-0.4, -0.2) is 19.5 Å². The lowest BCUT2D eigenvalue weighted by molar-refractivity contribution is 0.942. The van der Waals surface area contributed by atoms with Crippen molar-refractivity contribution in [2.75, 3.05) is 0 Å². The number of rotatable bonds is 0. The van der Waals surface area contributed by atoms with Gasteiger partial charge in [0.25, 0.3) is 0 Å². The van der Waals surface area contributed by atoms with Gasteiger partial charge in [-0.2, -0.15) is 4.98 Å². The predicted octanol–water partition coefficient (Wildman–Crippen LogP) is 1.78. The number of aryl methyl sites for hydroxylation is 1. The first-order valence-corrected chi connectivity index (χ1v) is 4.35. The second kappa shape index (κ2) is 2.67. The zero-order valence-corrected chi connectivity index (χ0v) is 8.46. The van der Waals surface area contributed by atoms with Crippen molar-refractivity contribution in [3.05, 3.63) is 16.2 Å². The van der Waals surface area contributed by atoms with Crippen LogP contribution in [0.5, 0.6) is 0 Å². The normalized spacial score (nSPS) is 10.9. The number of aromatic nitrogens is 4. The molecule has 2 aromatic rings.